The summed E-state index contributed by atoms with van der Waals surface area (Å²) in [7, 11) is 0. The van der Waals surface area contributed by atoms with Crippen LogP contribution < -0.4 is 5.46 Å². The third kappa shape index (κ3) is 2.28. The number of aryl methyl sites for hydroxylation is 1. The SMILES string of the molecule is O=C=O.OB1CCc2ccccc21. The number of rotatable bonds is 0. The molecule has 1 heterocycles. The summed E-state index contributed by atoms with van der Waals surface area (Å²) in [5.74, 6) is 0. The highest BCUT2D eigenvalue weighted by molar-refractivity contribution is 6.67. The van der Waals surface area contributed by atoms with Crippen molar-refractivity contribution in [3.63, 3.8) is 0 Å². The van der Waals surface area contributed by atoms with E-state index in [1.807, 2.05) is 18.2 Å². The van der Waals surface area contributed by atoms with Crippen molar-refractivity contribution >= 4 is 18.5 Å². The van der Waals surface area contributed by atoms with Gasteiger partial charge in [-0.25, -0.2) is 0 Å². The summed E-state index contributed by atoms with van der Waals surface area (Å²) >= 11 is 0. The summed E-state index contributed by atoms with van der Waals surface area (Å²) in [5.41, 5.74) is 2.44. The second-order valence-corrected chi connectivity index (χ2v) is 2.84. The third-order valence-electron chi connectivity index (χ3n) is 2.10. The lowest BCUT2D eigenvalue weighted by Gasteiger charge is -1.96. The summed E-state index contributed by atoms with van der Waals surface area (Å²) in [4.78, 5) is 16.2. The fourth-order valence-electron chi connectivity index (χ4n) is 1.53. The second kappa shape index (κ2) is 4.60. The summed E-state index contributed by atoms with van der Waals surface area (Å²) in [6, 6.07) is 8.10. The molecule has 0 aliphatic carbocycles. The Kier molecular flexibility index (Phi) is 3.44. The van der Waals surface area contributed by atoms with Crippen molar-refractivity contribution in [1.29, 1.82) is 0 Å². The lowest BCUT2D eigenvalue weighted by molar-refractivity contribution is -0.191. The van der Waals surface area contributed by atoms with Crippen LogP contribution in [-0.2, 0) is 16.0 Å². The molecule has 0 saturated carbocycles. The van der Waals surface area contributed by atoms with Crippen LogP contribution in [-0.4, -0.2) is 18.1 Å². The van der Waals surface area contributed by atoms with E-state index in [9.17, 15) is 5.02 Å². The Bertz CT molecular complexity index is 318. The fourth-order valence-corrected chi connectivity index (χ4v) is 1.53. The van der Waals surface area contributed by atoms with Crippen LogP contribution in [0.3, 0.4) is 0 Å². The van der Waals surface area contributed by atoms with Gasteiger partial charge in [0.1, 0.15) is 0 Å². The smallest absolute Gasteiger partial charge is 0.373 e. The van der Waals surface area contributed by atoms with E-state index in [4.69, 9.17) is 9.59 Å². The van der Waals surface area contributed by atoms with Crippen LogP contribution in [0.25, 0.3) is 0 Å². The monoisotopic (exact) mass is 176 g/mol. The van der Waals surface area contributed by atoms with Gasteiger partial charge in [-0.3, -0.25) is 0 Å². The minimum absolute atomic E-state index is 0.198. The molecule has 1 N–H and O–H groups in total. The van der Waals surface area contributed by atoms with Gasteiger partial charge in [0, 0.05) is 0 Å². The van der Waals surface area contributed by atoms with Crippen molar-refractivity contribution in [3.8, 4) is 0 Å². The molecule has 0 spiro atoms. The van der Waals surface area contributed by atoms with E-state index in [2.05, 4.69) is 6.07 Å². The van der Waals surface area contributed by atoms with Crippen molar-refractivity contribution in [2.75, 3.05) is 0 Å². The summed E-state index contributed by atoms with van der Waals surface area (Å²) in [6.45, 7) is -0.198. The Morgan fingerprint density at radius 2 is 1.92 bits per heavy atom. The minimum Gasteiger partial charge on any atom is -0.446 e. The molecule has 66 valence electrons. The molecular weight excluding hydrogens is 167 g/mol. The van der Waals surface area contributed by atoms with Crippen LogP contribution >= 0.6 is 0 Å². The zero-order valence-electron chi connectivity index (χ0n) is 7.06. The predicted molar refractivity (Wildman–Crippen MR) is 47.6 cm³/mol. The first-order valence-electron chi connectivity index (χ1n) is 4.04. The number of fused-ring (bicyclic) bond motifs is 1. The lowest BCUT2D eigenvalue weighted by atomic mass is 9.63. The Labute approximate surface area is 76.5 Å². The molecule has 3 nitrogen and oxygen atoms in total. The third-order valence-corrected chi connectivity index (χ3v) is 2.10. The molecule has 0 bridgehead atoms. The van der Waals surface area contributed by atoms with Crippen molar-refractivity contribution < 1.29 is 14.6 Å². The summed E-state index contributed by atoms with van der Waals surface area (Å²) in [6.07, 6.45) is 2.19. The zero-order chi connectivity index (χ0) is 9.68. The molecule has 0 unspecified atom stereocenters. The molecule has 2 rings (SSSR count). The van der Waals surface area contributed by atoms with Gasteiger partial charge >= 0.3 is 13.1 Å². The Morgan fingerprint density at radius 3 is 2.54 bits per heavy atom. The van der Waals surface area contributed by atoms with Gasteiger partial charge < -0.3 is 5.02 Å². The van der Waals surface area contributed by atoms with Gasteiger partial charge in [0.15, 0.2) is 0 Å². The van der Waals surface area contributed by atoms with Crippen molar-refractivity contribution in [2.24, 2.45) is 0 Å². The number of hydrogen-bond acceptors (Lipinski definition) is 3. The highest BCUT2D eigenvalue weighted by Crippen LogP contribution is 2.11. The highest BCUT2D eigenvalue weighted by atomic mass is 16.2. The minimum atomic E-state index is -0.198. The molecule has 0 amide bonds. The molecule has 0 aromatic heterocycles. The topological polar surface area (TPSA) is 54.4 Å². The quantitative estimate of drug-likeness (QED) is 0.559. The van der Waals surface area contributed by atoms with Crippen LogP contribution in [0.15, 0.2) is 24.3 Å². The standard InChI is InChI=1S/C8H9BO.CO2/c10-9-6-5-7-3-1-2-4-8(7)9;2-1-3/h1-4,10H,5-6H2;. The van der Waals surface area contributed by atoms with E-state index in [1.165, 1.54) is 5.56 Å². The van der Waals surface area contributed by atoms with E-state index < -0.39 is 0 Å². The maximum absolute atomic E-state index is 9.38. The van der Waals surface area contributed by atoms with E-state index in [0.29, 0.717) is 0 Å². The molecule has 0 radical (unpaired) electrons. The van der Waals surface area contributed by atoms with Crippen LogP contribution in [0.2, 0.25) is 6.32 Å². The summed E-state index contributed by atoms with van der Waals surface area (Å²) in [5, 5.41) is 9.38. The number of hydrogen-bond donors (Lipinski definition) is 1. The molecule has 0 saturated heterocycles. The molecule has 0 atom stereocenters. The first-order chi connectivity index (χ1) is 6.29. The van der Waals surface area contributed by atoms with Crippen LogP contribution in [0.4, 0.5) is 0 Å². The molecule has 1 aromatic carbocycles. The molecule has 0 fully saturated rings. The van der Waals surface area contributed by atoms with Gasteiger partial charge in [-0.05, 0) is 18.2 Å². The maximum Gasteiger partial charge on any atom is 0.373 e. The molecule has 1 aliphatic heterocycles. The Balaban J connectivity index is 0.000000251. The van der Waals surface area contributed by atoms with Crippen molar-refractivity contribution in [1.82, 2.24) is 0 Å². The van der Waals surface area contributed by atoms with E-state index in [1.54, 1.807) is 0 Å². The molecule has 1 aromatic rings. The largest absolute Gasteiger partial charge is 0.446 e. The van der Waals surface area contributed by atoms with Gasteiger partial charge in [0.2, 0.25) is 0 Å². The maximum atomic E-state index is 9.38. The lowest BCUT2D eigenvalue weighted by Crippen LogP contribution is -2.25. The zero-order valence-corrected chi connectivity index (χ0v) is 7.06. The Morgan fingerprint density at radius 1 is 1.31 bits per heavy atom. The first kappa shape index (κ1) is 9.71. The van der Waals surface area contributed by atoms with Crippen molar-refractivity contribution in [3.05, 3.63) is 29.8 Å². The van der Waals surface area contributed by atoms with Gasteiger partial charge in [-0.15, -0.1) is 0 Å². The highest BCUT2D eigenvalue weighted by Gasteiger charge is 2.23. The van der Waals surface area contributed by atoms with Crippen molar-refractivity contribution in [2.45, 2.75) is 12.7 Å². The van der Waals surface area contributed by atoms with Gasteiger partial charge in [-0.2, -0.15) is 9.59 Å². The van der Waals surface area contributed by atoms with E-state index >= 15 is 0 Å². The average molecular weight is 176 g/mol. The van der Waals surface area contributed by atoms with Gasteiger partial charge in [-0.1, -0.05) is 29.8 Å². The molecule has 4 heteroatoms. The molecule has 13 heavy (non-hydrogen) atoms. The van der Waals surface area contributed by atoms with E-state index in [-0.39, 0.29) is 13.1 Å². The van der Waals surface area contributed by atoms with Gasteiger partial charge in [0.25, 0.3) is 0 Å². The van der Waals surface area contributed by atoms with E-state index in [0.717, 1.165) is 18.2 Å². The fraction of sp³-hybridized carbons (Fsp3) is 0.222. The summed E-state index contributed by atoms with van der Waals surface area (Å²) < 4.78 is 0. The first-order valence-corrected chi connectivity index (χ1v) is 4.04. The molecular formula is C9H9BO3. The Hall–Kier alpha value is -1.38. The van der Waals surface area contributed by atoms with Crippen LogP contribution in [0.1, 0.15) is 5.56 Å². The number of benzene rings is 1. The second-order valence-electron chi connectivity index (χ2n) is 2.84. The predicted octanol–water partition coefficient (Wildman–Crippen LogP) is -0.150. The van der Waals surface area contributed by atoms with Crippen LogP contribution in [0, 0.1) is 0 Å². The van der Waals surface area contributed by atoms with Gasteiger partial charge in [0.05, 0.1) is 0 Å². The normalized spacial score (nSPS) is 12.5. The van der Waals surface area contributed by atoms with Crippen LogP contribution in [0.5, 0.6) is 0 Å². The average Bonchev–Trinajstić information content (AvgIpc) is 2.50. The number of carbonyl (C=O) groups excluding carboxylic acids is 2. The molecule has 1 aliphatic rings.